The molecule has 0 spiro atoms. The minimum atomic E-state index is -2.97. The van der Waals surface area contributed by atoms with E-state index < -0.39 is 9.84 Å². The molecule has 6 heteroatoms. The molecule has 4 rings (SSSR count). The zero-order valence-corrected chi connectivity index (χ0v) is 16.6. The lowest BCUT2D eigenvalue weighted by Gasteiger charge is -2.28. The van der Waals surface area contributed by atoms with Gasteiger partial charge < -0.3 is 9.64 Å². The lowest BCUT2D eigenvalue weighted by molar-refractivity contribution is -0.133. The molecule has 1 aromatic rings. The van der Waals surface area contributed by atoms with Crippen LogP contribution >= 0.6 is 0 Å². The van der Waals surface area contributed by atoms with Crippen molar-refractivity contribution in [2.45, 2.75) is 76.0 Å². The highest BCUT2D eigenvalue weighted by atomic mass is 32.2. The van der Waals surface area contributed by atoms with E-state index in [0.29, 0.717) is 25.4 Å². The SMILES string of the molecule is O=C(CCc1cccc(OC2CCCC2)c1)N(C1CC1)C1CCS(=O)(=O)C1. The smallest absolute Gasteiger partial charge is 0.223 e. The summed E-state index contributed by atoms with van der Waals surface area (Å²) in [6.45, 7) is 0. The first-order valence-electron chi connectivity index (χ1n) is 10.3. The van der Waals surface area contributed by atoms with E-state index in [2.05, 4.69) is 0 Å². The maximum Gasteiger partial charge on any atom is 0.223 e. The first-order valence-corrected chi connectivity index (χ1v) is 12.1. The van der Waals surface area contributed by atoms with Crippen molar-refractivity contribution in [1.82, 2.24) is 4.90 Å². The molecule has 1 amide bonds. The fourth-order valence-electron chi connectivity index (χ4n) is 4.41. The van der Waals surface area contributed by atoms with E-state index in [-0.39, 0.29) is 29.5 Å². The third kappa shape index (κ3) is 4.84. The third-order valence-corrected chi connectivity index (χ3v) is 7.71. The predicted octanol–water partition coefficient (Wildman–Crippen LogP) is 3.12. The molecule has 1 aromatic carbocycles. The number of sulfone groups is 1. The van der Waals surface area contributed by atoms with E-state index in [9.17, 15) is 13.2 Å². The van der Waals surface area contributed by atoms with Crippen LogP contribution in [0.15, 0.2) is 24.3 Å². The number of ether oxygens (including phenoxy) is 1. The normalized spacial score (nSPS) is 24.8. The number of benzene rings is 1. The second-order valence-electron chi connectivity index (χ2n) is 8.26. The van der Waals surface area contributed by atoms with Gasteiger partial charge in [-0.2, -0.15) is 0 Å². The fourth-order valence-corrected chi connectivity index (χ4v) is 6.12. The van der Waals surface area contributed by atoms with Crippen LogP contribution in [0.2, 0.25) is 0 Å². The van der Waals surface area contributed by atoms with Gasteiger partial charge in [-0.25, -0.2) is 8.42 Å². The lowest BCUT2D eigenvalue weighted by Crippen LogP contribution is -2.42. The van der Waals surface area contributed by atoms with Gasteiger partial charge in [-0.1, -0.05) is 12.1 Å². The highest BCUT2D eigenvalue weighted by molar-refractivity contribution is 7.91. The molecule has 3 aliphatic rings. The van der Waals surface area contributed by atoms with Crippen molar-refractivity contribution in [2.24, 2.45) is 0 Å². The molecule has 1 atom stereocenters. The van der Waals surface area contributed by atoms with Gasteiger partial charge in [0, 0.05) is 18.5 Å². The van der Waals surface area contributed by atoms with Gasteiger partial charge >= 0.3 is 0 Å². The zero-order chi connectivity index (χ0) is 18.9. The van der Waals surface area contributed by atoms with Crippen LogP contribution < -0.4 is 4.74 Å². The Morgan fingerprint density at radius 3 is 2.52 bits per heavy atom. The third-order valence-electron chi connectivity index (χ3n) is 5.96. The molecular weight excluding hydrogens is 362 g/mol. The quantitative estimate of drug-likeness (QED) is 0.716. The van der Waals surface area contributed by atoms with Crippen LogP contribution in [0, 0.1) is 0 Å². The van der Waals surface area contributed by atoms with E-state index in [4.69, 9.17) is 4.74 Å². The Hall–Kier alpha value is -1.56. The van der Waals surface area contributed by atoms with E-state index >= 15 is 0 Å². The number of nitrogens with zero attached hydrogens (tertiary/aromatic N) is 1. The maximum atomic E-state index is 12.9. The highest BCUT2D eigenvalue weighted by Crippen LogP contribution is 2.33. The number of aryl methyl sites for hydroxylation is 1. The van der Waals surface area contributed by atoms with Crippen molar-refractivity contribution in [3.05, 3.63) is 29.8 Å². The van der Waals surface area contributed by atoms with Crippen molar-refractivity contribution in [2.75, 3.05) is 11.5 Å². The maximum absolute atomic E-state index is 12.9. The Morgan fingerprint density at radius 1 is 1.07 bits per heavy atom. The van der Waals surface area contributed by atoms with Crippen LogP contribution in [0.25, 0.3) is 0 Å². The van der Waals surface area contributed by atoms with E-state index in [0.717, 1.165) is 37.0 Å². The average molecular weight is 392 g/mol. The molecule has 0 N–H and O–H groups in total. The van der Waals surface area contributed by atoms with Crippen molar-refractivity contribution in [1.29, 1.82) is 0 Å². The van der Waals surface area contributed by atoms with Crippen molar-refractivity contribution < 1.29 is 17.9 Å². The molecule has 27 heavy (non-hydrogen) atoms. The Bertz CT molecular complexity index is 781. The monoisotopic (exact) mass is 391 g/mol. The molecule has 1 aliphatic heterocycles. The van der Waals surface area contributed by atoms with Crippen molar-refractivity contribution in [3.8, 4) is 5.75 Å². The van der Waals surface area contributed by atoms with Crippen LogP contribution in [0.5, 0.6) is 5.75 Å². The first kappa shape index (κ1) is 18.8. The molecule has 0 bridgehead atoms. The Morgan fingerprint density at radius 2 is 1.85 bits per heavy atom. The van der Waals surface area contributed by atoms with Gasteiger partial charge in [0.2, 0.25) is 5.91 Å². The summed E-state index contributed by atoms with van der Waals surface area (Å²) < 4.78 is 29.7. The molecule has 1 heterocycles. The fraction of sp³-hybridized carbons (Fsp3) is 0.667. The van der Waals surface area contributed by atoms with Crippen LogP contribution in [-0.4, -0.2) is 48.9 Å². The Balaban J connectivity index is 1.35. The topological polar surface area (TPSA) is 63.7 Å². The van der Waals surface area contributed by atoms with Crippen LogP contribution in [0.1, 0.15) is 56.9 Å². The number of carbonyl (C=O) groups excluding carboxylic acids is 1. The molecule has 3 fully saturated rings. The van der Waals surface area contributed by atoms with Gasteiger partial charge in [-0.15, -0.1) is 0 Å². The summed E-state index contributed by atoms with van der Waals surface area (Å²) in [5.41, 5.74) is 1.11. The minimum absolute atomic E-state index is 0.0988. The molecule has 2 aliphatic carbocycles. The van der Waals surface area contributed by atoms with E-state index in [1.807, 2.05) is 29.2 Å². The van der Waals surface area contributed by atoms with Gasteiger partial charge in [0.1, 0.15) is 5.75 Å². The number of carbonyl (C=O) groups is 1. The Kier molecular flexibility index (Phi) is 5.44. The molecule has 148 valence electrons. The molecule has 1 saturated heterocycles. The number of hydrogen-bond acceptors (Lipinski definition) is 4. The van der Waals surface area contributed by atoms with Crippen molar-refractivity contribution in [3.63, 3.8) is 0 Å². The second-order valence-corrected chi connectivity index (χ2v) is 10.5. The largest absolute Gasteiger partial charge is 0.490 e. The summed E-state index contributed by atoms with van der Waals surface area (Å²) in [7, 11) is -2.97. The minimum Gasteiger partial charge on any atom is -0.490 e. The molecule has 0 radical (unpaired) electrons. The average Bonchev–Trinajstić information content (AvgIpc) is 3.20. The zero-order valence-electron chi connectivity index (χ0n) is 15.8. The van der Waals surface area contributed by atoms with Gasteiger partial charge in [0.05, 0.1) is 17.6 Å². The van der Waals surface area contributed by atoms with Crippen LogP contribution in [0.4, 0.5) is 0 Å². The Labute approximate surface area is 162 Å². The molecular formula is C21H29NO4S. The van der Waals surface area contributed by atoms with Crippen LogP contribution in [-0.2, 0) is 21.1 Å². The highest BCUT2D eigenvalue weighted by Gasteiger charge is 2.41. The van der Waals surface area contributed by atoms with Gasteiger partial charge in [0.25, 0.3) is 0 Å². The lowest BCUT2D eigenvalue weighted by atomic mass is 10.1. The predicted molar refractivity (Wildman–Crippen MR) is 105 cm³/mol. The summed E-state index contributed by atoms with van der Waals surface area (Å²) in [5, 5.41) is 0. The first-order chi connectivity index (χ1) is 13.0. The van der Waals surface area contributed by atoms with Gasteiger partial charge in [-0.3, -0.25) is 4.79 Å². The molecule has 1 unspecified atom stereocenters. The number of rotatable bonds is 7. The van der Waals surface area contributed by atoms with E-state index in [1.165, 1.54) is 12.8 Å². The summed E-state index contributed by atoms with van der Waals surface area (Å²) >= 11 is 0. The number of amides is 1. The summed E-state index contributed by atoms with van der Waals surface area (Å²) in [4.78, 5) is 14.8. The van der Waals surface area contributed by atoms with E-state index in [1.54, 1.807) is 0 Å². The summed E-state index contributed by atoms with van der Waals surface area (Å²) in [6.07, 6.45) is 8.78. The molecule has 2 saturated carbocycles. The van der Waals surface area contributed by atoms with Gasteiger partial charge in [0.15, 0.2) is 9.84 Å². The molecule has 0 aromatic heterocycles. The van der Waals surface area contributed by atoms with Crippen molar-refractivity contribution >= 4 is 15.7 Å². The summed E-state index contributed by atoms with van der Waals surface area (Å²) in [6, 6.07) is 8.21. The standard InChI is InChI=1S/C21H29NO4S/c23-21(22(17-9-10-17)18-12-13-27(24,25)15-18)11-8-16-4-3-7-20(14-16)26-19-5-1-2-6-19/h3-4,7,14,17-19H,1-2,5-6,8-13,15H2. The van der Waals surface area contributed by atoms with Crippen LogP contribution in [0.3, 0.4) is 0 Å². The van der Waals surface area contributed by atoms with Gasteiger partial charge in [-0.05, 0) is 69.1 Å². The second kappa shape index (κ2) is 7.82. The number of hydrogen-bond donors (Lipinski definition) is 0. The molecule has 5 nitrogen and oxygen atoms in total. The summed E-state index contributed by atoms with van der Waals surface area (Å²) in [5.74, 6) is 1.35.